The number of rotatable bonds is 3. The van der Waals surface area contributed by atoms with Gasteiger partial charge in [0.2, 0.25) is 5.88 Å². The highest BCUT2D eigenvalue weighted by atomic mass is 19.4. The summed E-state index contributed by atoms with van der Waals surface area (Å²) in [6.07, 6.45) is -2.76. The molecular formula is C17H13F3N2O. The fourth-order valence-corrected chi connectivity index (χ4v) is 2.29. The highest BCUT2D eigenvalue weighted by Gasteiger charge is 2.30. The van der Waals surface area contributed by atoms with E-state index in [2.05, 4.69) is 4.98 Å². The molecule has 0 fully saturated rings. The molecule has 0 aliphatic carbocycles. The number of ether oxygens (including phenoxy) is 1. The number of hydrogen-bond acceptors (Lipinski definition) is 3. The summed E-state index contributed by atoms with van der Waals surface area (Å²) in [7, 11) is 0. The Kier molecular flexibility index (Phi) is 3.92. The standard InChI is InChI=1S/C17H13F3N2O/c18-17(19,20)12-5-7-13(8-6-12)23-16-15-4-2-1-3-14(15)11(9-21)10-22-16/h1-8,10H,9,21H2. The highest BCUT2D eigenvalue weighted by molar-refractivity contribution is 5.89. The van der Waals surface area contributed by atoms with Crippen LogP contribution >= 0.6 is 0 Å². The van der Waals surface area contributed by atoms with Crippen LogP contribution < -0.4 is 10.5 Å². The van der Waals surface area contributed by atoms with Crippen LogP contribution in [0.25, 0.3) is 10.8 Å². The first-order valence-corrected chi connectivity index (χ1v) is 6.91. The third kappa shape index (κ3) is 3.12. The van der Waals surface area contributed by atoms with Crippen molar-refractivity contribution in [2.24, 2.45) is 5.73 Å². The van der Waals surface area contributed by atoms with E-state index < -0.39 is 11.7 Å². The zero-order chi connectivity index (χ0) is 16.4. The lowest BCUT2D eigenvalue weighted by molar-refractivity contribution is -0.137. The van der Waals surface area contributed by atoms with Gasteiger partial charge in [-0.2, -0.15) is 13.2 Å². The number of aromatic nitrogens is 1. The molecule has 1 aromatic heterocycles. The second kappa shape index (κ2) is 5.89. The van der Waals surface area contributed by atoms with Crippen LogP contribution in [0, 0.1) is 0 Å². The monoisotopic (exact) mass is 318 g/mol. The molecule has 0 radical (unpaired) electrons. The average Bonchev–Trinajstić information content (AvgIpc) is 2.55. The Morgan fingerprint density at radius 1 is 0.957 bits per heavy atom. The second-order valence-electron chi connectivity index (χ2n) is 4.96. The predicted molar refractivity (Wildman–Crippen MR) is 81.2 cm³/mol. The van der Waals surface area contributed by atoms with Crippen molar-refractivity contribution in [1.82, 2.24) is 4.98 Å². The van der Waals surface area contributed by atoms with Crippen molar-refractivity contribution in [2.45, 2.75) is 12.7 Å². The van der Waals surface area contributed by atoms with Crippen LogP contribution in [0.1, 0.15) is 11.1 Å². The Morgan fingerprint density at radius 2 is 1.61 bits per heavy atom. The fourth-order valence-electron chi connectivity index (χ4n) is 2.29. The molecule has 0 aliphatic heterocycles. The third-order valence-corrected chi connectivity index (χ3v) is 3.46. The van der Waals surface area contributed by atoms with E-state index in [9.17, 15) is 13.2 Å². The van der Waals surface area contributed by atoms with Gasteiger partial charge in [-0.05, 0) is 41.3 Å². The van der Waals surface area contributed by atoms with E-state index in [4.69, 9.17) is 10.5 Å². The second-order valence-corrected chi connectivity index (χ2v) is 4.96. The highest BCUT2D eigenvalue weighted by Crippen LogP contribution is 2.33. The van der Waals surface area contributed by atoms with Crippen molar-refractivity contribution < 1.29 is 17.9 Å². The number of benzene rings is 2. The zero-order valence-corrected chi connectivity index (χ0v) is 12.0. The first kappa shape index (κ1) is 15.3. The van der Waals surface area contributed by atoms with Gasteiger partial charge in [0.15, 0.2) is 0 Å². The molecule has 23 heavy (non-hydrogen) atoms. The lowest BCUT2D eigenvalue weighted by Crippen LogP contribution is -2.04. The number of fused-ring (bicyclic) bond motifs is 1. The lowest BCUT2D eigenvalue weighted by Gasteiger charge is -2.11. The van der Waals surface area contributed by atoms with Crippen LogP contribution in [-0.2, 0) is 12.7 Å². The van der Waals surface area contributed by atoms with Gasteiger partial charge in [0.1, 0.15) is 5.75 Å². The molecule has 0 saturated carbocycles. The molecule has 0 unspecified atom stereocenters. The Hall–Kier alpha value is -2.60. The fraction of sp³-hybridized carbons (Fsp3) is 0.118. The van der Waals surface area contributed by atoms with Crippen LogP contribution in [0.3, 0.4) is 0 Å². The molecule has 3 aromatic rings. The van der Waals surface area contributed by atoms with Crippen molar-refractivity contribution in [3.63, 3.8) is 0 Å². The Balaban J connectivity index is 1.96. The lowest BCUT2D eigenvalue weighted by atomic mass is 10.1. The van der Waals surface area contributed by atoms with E-state index in [-0.39, 0.29) is 5.75 Å². The van der Waals surface area contributed by atoms with E-state index >= 15 is 0 Å². The van der Waals surface area contributed by atoms with Gasteiger partial charge in [-0.25, -0.2) is 4.98 Å². The first-order chi connectivity index (χ1) is 11.0. The van der Waals surface area contributed by atoms with E-state index in [1.807, 2.05) is 24.3 Å². The maximum absolute atomic E-state index is 12.6. The molecular weight excluding hydrogens is 305 g/mol. The van der Waals surface area contributed by atoms with Crippen LogP contribution in [-0.4, -0.2) is 4.98 Å². The molecule has 3 rings (SSSR count). The largest absolute Gasteiger partial charge is 0.438 e. The van der Waals surface area contributed by atoms with Crippen molar-refractivity contribution >= 4 is 10.8 Å². The minimum Gasteiger partial charge on any atom is -0.438 e. The van der Waals surface area contributed by atoms with Gasteiger partial charge in [-0.3, -0.25) is 0 Å². The number of halogens is 3. The van der Waals surface area contributed by atoms with Crippen molar-refractivity contribution in [3.05, 3.63) is 65.9 Å². The number of pyridine rings is 1. The van der Waals surface area contributed by atoms with Gasteiger partial charge in [-0.15, -0.1) is 0 Å². The summed E-state index contributed by atoms with van der Waals surface area (Å²) in [4.78, 5) is 4.22. The summed E-state index contributed by atoms with van der Waals surface area (Å²) in [6, 6.07) is 12.0. The minimum atomic E-state index is -4.37. The van der Waals surface area contributed by atoms with E-state index in [1.165, 1.54) is 12.1 Å². The molecule has 0 aliphatic rings. The summed E-state index contributed by atoms with van der Waals surface area (Å²) in [5.41, 5.74) is 5.84. The van der Waals surface area contributed by atoms with Gasteiger partial charge in [-0.1, -0.05) is 18.2 Å². The van der Waals surface area contributed by atoms with Gasteiger partial charge < -0.3 is 10.5 Å². The Bertz CT molecular complexity index is 829. The Labute approximate surface area is 130 Å². The smallest absolute Gasteiger partial charge is 0.416 e. The van der Waals surface area contributed by atoms with E-state index in [0.29, 0.717) is 12.4 Å². The summed E-state index contributed by atoms with van der Waals surface area (Å²) in [5, 5.41) is 1.67. The zero-order valence-electron chi connectivity index (χ0n) is 12.0. The summed E-state index contributed by atoms with van der Waals surface area (Å²) < 4.78 is 43.4. The number of hydrogen-bond donors (Lipinski definition) is 1. The SMILES string of the molecule is NCc1cnc(Oc2ccc(C(F)(F)F)cc2)c2ccccc12. The minimum absolute atomic E-state index is 0.288. The maximum Gasteiger partial charge on any atom is 0.416 e. The van der Waals surface area contributed by atoms with Crippen LogP contribution in [0.4, 0.5) is 13.2 Å². The summed E-state index contributed by atoms with van der Waals surface area (Å²) in [6.45, 7) is 0.341. The maximum atomic E-state index is 12.6. The molecule has 0 saturated heterocycles. The molecule has 1 heterocycles. The topological polar surface area (TPSA) is 48.1 Å². The van der Waals surface area contributed by atoms with Crippen molar-refractivity contribution in [2.75, 3.05) is 0 Å². The molecule has 6 heteroatoms. The van der Waals surface area contributed by atoms with Gasteiger partial charge in [0.05, 0.1) is 5.56 Å². The molecule has 0 bridgehead atoms. The van der Waals surface area contributed by atoms with Gasteiger partial charge >= 0.3 is 6.18 Å². The van der Waals surface area contributed by atoms with Crippen LogP contribution in [0.2, 0.25) is 0 Å². The first-order valence-electron chi connectivity index (χ1n) is 6.91. The molecule has 118 valence electrons. The Morgan fingerprint density at radius 3 is 2.22 bits per heavy atom. The number of alkyl halides is 3. The molecule has 2 aromatic carbocycles. The van der Waals surface area contributed by atoms with Crippen molar-refractivity contribution in [1.29, 1.82) is 0 Å². The normalized spacial score (nSPS) is 11.7. The van der Waals surface area contributed by atoms with Crippen LogP contribution in [0.5, 0.6) is 11.6 Å². The molecule has 0 atom stereocenters. The summed E-state index contributed by atoms with van der Waals surface area (Å²) >= 11 is 0. The van der Waals surface area contributed by atoms with Gasteiger partial charge in [0, 0.05) is 18.1 Å². The van der Waals surface area contributed by atoms with Crippen LogP contribution in [0.15, 0.2) is 54.7 Å². The van der Waals surface area contributed by atoms with Crippen molar-refractivity contribution in [3.8, 4) is 11.6 Å². The van der Waals surface area contributed by atoms with E-state index in [1.54, 1.807) is 6.20 Å². The molecule has 0 spiro atoms. The molecule has 2 N–H and O–H groups in total. The number of nitrogens with two attached hydrogens (primary N) is 1. The average molecular weight is 318 g/mol. The molecule has 3 nitrogen and oxygen atoms in total. The number of nitrogens with zero attached hydrogens (tertiary/aromatic N) is 1. The quantitative estimate of drug-likeness (QED) is 0.773. The third-order valence-electron chi connectivity index (χ3n) is 3.46. The van der Waals surface area contributed by atoms with Gasteiger partial charge in [0.25, 0.3) is 0 Å². The predicted octanol–water partition coefficient (Wildman–Crippen LogP) is 4.50. The molecule has 0 amide bonds. The summed E-state index contributed by atoms with van der Waals surface area (Å²) in [5.74, 6) is 0.619. The van der Waals surface area contributed by atoms with E-state index in [0.717, 1.165) is 28.5 Å².